The van der Waals surface area contributed by atoms with Crippen molar-refractivity contribution < 1.29 is 4.79 Å². The molecule has 0 bridgehead atoms. The Labute approximate surface area is 158 Å². The van der Waals surface area contributed by atoms with E-state index in [-0.39, 0.29) is 0 Å². The van der Waals surface area contributed by atoms with Gasteiger partial charge in [-0.15, -0.1) is 11.3 Å². The number of hydrogen-bond acceptors (Lipinski definition) is 6. The Morgan fingerprint density at radius 3 is 3.00 bits per heavy atom. The summed E-state index contributed by atoms with van der Waals surface area (Å²) >= 11 is 1.77. The van der Waals surface area contributed by atoms with Gasteiger partial charge < -0.3 is 15.5 Å². The van der Waals surface area contributed by atoms with Crippen LogP contribution in [-0.2, 0) is 11.2 Å². The van der Waals surface area contributed by atoms with Gasteiger partial charge in [0, 0.05) is 48.7 Å². The summed E-state index contributed by atoms with van der Waals surface area (Å²) in [6.07, 6.45) is 3.57. The fourth-order valence-corrected chi connectivity index (χ4v) is 4.97. The van der Waals surface area contributed by atoms with Gasteiger partial charge in [-0.25, -0.2) is 4.98 Å². The lowest BCUT2D eigenvalue weighted by molar-refractivity contribution is -0.139. The number of aromatic nitrogens is 2. The SMILES string of the molecule is Cc1cc(N2CC[C@@H]3[C@@H](CCC(=O)N3CCc3cccs3)C2)nc(N)n1. The van der Waals surface area contributed by atoms with Gasteiger partial charge in [0.15, 0.2) is 0 Å². The van der Waals surface area contributed by atoms with Crippen LogP contribution in [0.2, 0.25) is 0 Å². The van der Waals surface area contributed by atoms with Crippen molar-refractivity contribution in [3.8, 4) is 0 Å². The molecule has 2 N–H and O–H groups in total. The second-order valence-electron chi connectivity index (χ2n) is 7.24. The highest BCUT2D eigenvalue weighted by atomic mass is 32.1. The van der Waals surface area contributed by atoms with Crippen LogP contribution in [0.1, 0.15) is 29.8 Å². The zero-order valence-corrected chi connectivity index (χ0v) is 15.9. The molecular weight excluding hydrogens is 346 g/mol. The summed E-state index contributed by atoms with van der Waals surface area (Å²) < 4.78 is 0. The van der Waals surface area contributed by atoms with E-state index in [0.29, 0.717) is 30.2 Å². The first kappa shape index (κ1) is 17.3. The maximum atomic E-state index is 12.5. The summed E-state index contributed by atoms with van der Waals surface area (Å²) in [6.45, 7) is 4.61. The molecule has 138 valence electrons. The Morgan fingerprint density at radius 2 is 2.23 bits per heavy atom. The van der Waals surface area contributed by atoms with Crippen LogP contribution in [0.25, 0.3) is 0 Å². The molecule has 4 rings (SSSR count). The molecule has 2 atom stereocenters. The molecule has 0 radical (unpaired) electrons. The Balaban J connectivity index is 1.45. The highest BCUT2D eigenvalue weighted by Gasteiger charge is 2.39. The summed E-state index contributed by atoms with van der Waals surface area (Å²) in [5.74, 6) is 2.06. The molecule has 2 aliphatic rings. The number of fused-ring (bicyclic) bond motifs is 1. The summed E-state index contributed by atoms with van der Waals surface area (Å²) in [5, 5.41) is 2.10. The zero-order valence-electron chi connectivity index (χ0n) is 15.1. The molecule has 0 unspecified atom stereocenters. The molecule has 2 aromatic rings. The van der Waals surface area contributed by atoms with E-state index in [4.69, 9.17) is 5.73 Å². The van der Waals surface area contributed by atoms with Crippen molar-refractivity contribution in [1.29, 1.82) is 0 Å². The van der Waals surface area contributed by atoms with E-state index in [1.54, 1.807) is 11.3 Å². The molecular formula is C19H25N5OS. The monoisotopic (exact) mass is 371 g/mol. The molecule has 0 spiro atoms. The van der Waals surface area contributed by atoms with Gasteiger partial charge in [0.1, 0.15) is 5.82 Å². The van der Waals surface area contributed by atoms with Gasteiger partial charge in [-0.05, 0) is 43.6 Å². The minimum atomic E-state index is 0.318. The third-order valence-electron chi connectivity index (χ3n) is 5.50. The molecule has 4 heterocycles. The van der Waals surface area contributed by atoms with E-state index in [1.807, 2.05) is 13.0 Å². The highest BCUT2D eigenvalue weighted by molar-refractivity contribution is 7.09. The molecule has 0 aromatic carbocycles. The standard InChI is InChI=1S/C19H25N5OS/c1-13-11-17(22-19(20)21-13)23-8-7-16-14(12-23)4-5-18(25)24(16)9-6-15-3-2-10-26-15/h2-3,10-11,14,16H,4-9,12H2,1H3,(H2,20,21,22)/t14-,16+/m0/s1. The molecule has 2 aliphatic heterocycles. The molecule has 2 fully saturated rings. The Kier molecular flexibility index (Phi) is 4.80. The maximum Gasteiger partial charge on any atom is 0.222 e. The number of aryl methyl sites for hydroxylation is 1. The van der Waals surface area contributed by atoms with E-state index < -0.39 is 0 Å². The first-order chi connectivity index (χ1) is 12.6. The van der Waals surface area contributed by atoms with Gasteiger partial charge in [0.25, 0.3) is 0 Å². The third-order valence-corrected chi connectivity index (χ3v) is 6.44. The van der Waals surface area contributed by atoms with Crippen LogP contribution in [0, 0.1) is 12.8 Å². The molecule has 7 heteroatoms. The number of carbonyl (C=O) groups excluding carboxylic acids is 1. The van der Waals surface area contributed by atoms with Crippen LogP contribution < -0.4 is 10.6 Å². The van der Waals surface area contributed by atoms with Gasteiger partial charge in [0.05, 0.1) is 0 Å². The van der Waals surface area contributed by atoms with Crippen molar-refractivity contribution in [1.82, 2.24) is 14.9 Å². The van der Waals surface area contributed by atoms with Crippen LogP contribution in [0.5, 0.6) is 0 Å². The lowest BCUT2D eigenvalue weighted by atomic mass is 9.83. The normalized spacial score (nSPS) is 23.2. The average molecular weight is 372 g/mol. The predicted molar refractivity (Wildman–Crippen MR) is 104 cm³/mol. The second-order valence-corrected chi connectivity index (χ2v) is 8.28. The summed E-state index contributed by atoms with van der Waals surface area (Å²) in [5.41, 5.74) is 6.72. The van der Waals surface area contributed by atoms with Crippen LogP contribution in [0.4, 0.5) is 11.8 Å². The molecule has 2 saturated heterocycles. The van der Waals surface area contributed by atoms with Gasteiger partial charge in [-0.3, -0.25) is 4.79 Å². The number of amides is 1. The number of likely N-dealkylation sites (tertiary alicyclic amines) is 1. The lowest BCUT2D eigenvalue weighted by Crippen LogP contribution is -2.56. The highest BCUT2D eigenvalue weighted by Crippen LogP contribution is 2.33. The predicted octanol–water partition coefficient (Wildman–Crippen LogP) is 2.49. The Morgan fingerprint density at radius 1 is 1.35 bits per heavy atom. The van der Waals surface area contributed by atoms with Gasteiger partial charge in [-0.2, -0.15) is 4.98 Å². The third kappa shape index (κ3) is 3.53. The van der Waals surface area contributed by atoms with E-state index >= 15 is 0 Å². The molecule has 0 saturated carbocycles. The van der Waals surface area contributed by atoms with E-state index in [0.717, 1.165) is 50.4 Å². The van der Waals surface area contributed by atoms with Gasteiger partial charge >= 0.3 is 0 Å². The van der Waals surface area contributed by atoms with Crippen molar-refractivity contribution >= 4 is 29.0 Å². The number of piperidine rings is 2. The smallest absolute Gasteiger partial charge is 0.222 e. The van der Waals surface area contributed by atoms with Crippen LogP contribution in [0.3, 0.4) is 0 Å². The van der Waals surface area contributed by atoms with Crippen molar-refractivity contribution in [2.75, 3.05) is 30.3 Å². The van der Waals surface area contributed by atoms with Crippen molar-refractivity contribution in [3.05, 3.63) is 34.2 Å². The fourth-order valence-electron chi connectivity index (χ4n) is 4.27. The molecule has 2 aromatic heterocycles. The first-order valence-electron chi connectivity index (χ1n) is 9.28. The van der Waals surface area contributed by atoms with Crippen molar-refractivity contribution in [2.45, 2.75) is 38.6 Å². The molecule has 26 heavy (non-hydrogen) atoms. The van der Waals surface area contributed by atoms with Crippen molar-refractivity contribution in [2.24, 2.45) is 5.92 Å². The first-order valence-corrected chi connectivity index (χ1v) is 10.2. The van der Waals surface area contributed by atoms with Gasteiger partial charge in [0.2, 0.25) is 11.9 Å². The van der Waals surface area contributed by atoms with Crippen LogP contribution in [0.15, 0.2) is 23.6 Å². The Bertz CT molecular complexity index is 758. The maximum absolute atomic E-state index is 12.5. The quantitative estimate of drug-likeness (QED) is 0.894. The number of nitrogens with zero attached hydrogens (tertiary/aromatic N) is 4. The van der Waals surface area contributed by atoms with Crippen molar-refractivity contribution in [3.63, 3.8) is 0 Å². The number of rotatable bonds is 4. The lowest BCUT2D eigenvalue weighted by Gasteiger charge is -2.47. The Hall–Kier alpha value is -2.15. The number of nitrogens with two attached hydrogens (primary N) is 1. The number of anilines is 2. The van der Waals surface area contributed by atoms with E-state index in [2.05, 4.69) is 37.3 Å². The molecule has 6 nitrogen and oxygen atoms in total. The summed E-state index contributed by atoms with van der Waals surface area (Å²) in [4.78, 5) is 26.9. The average Bonchev–Trinajstić information content (AvgIpc) is 3.13. The second kappa shape index (κ2) is 7.23. The van der Waals surface area contributed by atoms with Gasteiger partial charge in [-0.1, -0.05) is 6.07 Å². The number of nitrogen functional groups attached to an aromatic ring is 1. The fraction of sp³-hybridized carbons (Fsp3) is 0.526. The number of thiophene rings is 1. The van der Waals surface area contributed by atoms with E-state index in [9.17, 15) is 4.79 Å². The largest absolute Gasteiger partial charge is 0.368 e. The van der Waals surface area contributed by atoms with Crippen LogP contribution in [-0.4, -0.2) is 46.5 Å². The summed E-state index contributed by atoms with van der Waals surface area (Å²) in [7, 11) is 0. The minimum Gasteiger partial charge on any atom is -0.368 e. The minimum absolute atomic E-state index is 0.318. The number of carbonyl (C=O) groups is 1. The molecule has 0 aliphatic carbocycles. The zero-order chi connectivity index (χ0) is 18.1. The summed E-state index contributed by atoms with van der Waals surface area (Å²) in [6, 6.07) is 6.59. The van der Waals surface area contributed by atoms with Crippen LogP contribution >= 0.6 is 11.3 Å². The van der Waals surface area contributed by atoms with E-state index in [1.165, 1.54) is 4.88 Å². The topological polar surface area (TPSA) is 75.4 Å². The molecule has 1 amide bonds. The number of hydrogen-bond donors (Lipinski definition) is 1.